The molecule has 1 aromatic heterocycles. The Hall–Kier alpha value is -1.23. The van der Waals surface area contributed by atoms with Crippen molar-refractivity contribution in [3.8, 4) is 0 Å². The quantitative estimate of drug-likeness (QED) is 0.680. The molecule has 19 heavy (non-hydrogen) atoms. The average molecular weight is 276 g/mol. The Kier molecular flexibility index (Phi) is 2.96. The van der Waals surface area contributed by atoms with Crippen LogP contribution in [0.2, 0.25) is 0 Å². The molecule has 2 bridgehead atoms. The predicted octanol–water partition coefficient (Wildman–Crippen LogP) is 3.33. The minimum atomic E-state index is 0.432. The molecule has 0 aromatic carbocycles. The summed E-state index contributed by atoms with van der Waals surface area (Å²) in [5.41, 5.74) is 1.79. The van der Waals surface area contributed by atoms with Crippen LogP contribution in [0.1, 0.15) is 39.4 Å². The summed E-state index contributed by atoms with van der Waals surface area (Å²) in [4.78, 5) is 0. The van der Waals surface area contributed by atoms with Gasteiger partial charge >= 0.3 is 0 Å². The fraction of sp³-hybridized carbons (Fsp3) is 0.643. The number of nitrogens with one attached hydrogen (secondary N) is 1. The maximum Gasteiger partial charge on any atom is 0.216 e. The van der Waals surface area contributed by atoms with Crippen molar-refractivity contribution in [1.29, 1.82) is 0 Å². The van der Waals surface area contributed by atoms with Crippen molar-refractivity contribution in [3.63, 3.8) is 0 Å². The molecule has 1 saturated carbocycles. The van der Waals surface area contributed by atoms with Gasteiger partial charge in [-0.25, -0.2) is 0 Å². The van der Waals surface area contributed by atoms with E-state index in [1.807, 2.05) is 6.21 Å². The number of hydrogen-bond donors (Lipinski definition) is 1. The first kappa shape index (κ1) is 12.8. The molecule has 5 heteroatoms. The number of rotatable bonds is 3. The molecule has 0 radical (unpaired) electrons. The second-order valence-corrected chi connectivity index (χ2v) is 6.49. The fourth-order valence-electron chi connectivity index (χ4n) is 3.34. The Balaban J connectivity index is 1.86. The SMILES string of the molecule is CCc1n[nH]c(=S)n1/N=C/C1=CCC2CC1C2(C)C. The maximum absolute atomic E-state index is 5.20. The van der Waals surface area contributed by atoms with Gasteiger partial charge in [0.05, 0.1) is 6.21 Å². The van der Waals surface area contributed by atoms with Gasteiger partial charge in [-0.05, 0) is 47.9 Å². The van der Waals surface area contributed by atoms with Gasteiger partial charge in [0.1, 0.15) is 0 Å². The van der Waals surface area contributed by atoms with Crippen molar-refractivity contribution in [3.05, 3.63) is 22.2 Å². The lowest BCUT2D eigenvalue weighted by atomic mass is 9.49. The molecule has 1 aromatic rings. The Labute approximate surface area is 118 Å². The highest BCUT2D eigenvalue weighted by Gasteiger charge is 2.50. The number of aromatic nitrogens is 3. The van der Waals surface area contributed by atoms with Gasteiger partial charge in [0.2, 0.25) is 4.77 Å². The Morgan fingerprint density at radius 1 is 1.63 bits per heavy atom. The molecule has 0 saturated heterocycles. The summed E-state index contributed by atoms with van der Waals surface area (Å²) in [7, 11) is 0. The highest BCUT2D eigenvalue weighted by atomic mass is 32.1. The number of aromatic amines is 1. The van der Waals surface area contributed by atoms with Crippen molar-refractivity contribution < 1.29 is 0 Å². The number of fused-ring (bicyclic) bond motifs is 1. The molecule has 2 atom stereocenters. The number of allylic oxidation sites excluding steroid dienone is 2. The Morgan fingerprint density at radius 2 is 2.42 bits per heavy atom. The summed E-state index contributed by atoms with van der Waals surface area (Å²) in [6, 6.07) is 0. The summed E-state index contributed by atoms with van der Waals surface area (Å²) < 4.78 is 2.30. The Morgan fingerprint density at radius 3 is 3.05 bits per heavy atom. The van der Waals surface area contributed by atoms with Crippen LogP contribution < -0.4 is 0 Å². The predicted molar refractivity (Wildman–Crippen MR) is 78.8 cm³/mol. The van der Waals surface area contributed by atoms with Gasteiger partial charge in [-0.15, -0.1) is 0 Å². The lowest BCUT2D eigenvalue weighted by Gasteiger charge is -2.55. The average Bonchev–Trinajstić information content (AvgIpc) is 2.76. The van der Waals surface area contributed by atoms with E-state index in [1.165, 1.54) is 18.4 Å². The lowest BCUT2D eigenvalue weighted by Crippen LogP contribution is -2.48. The number of nitrogens with zero attached hydrogens (tertiary/aromatic N) is 3. The van der Waals surface area contributed by atoms with E-state index >= 15 is 0 Å². The van der Waals surface area contributed by atoms with Crippen LogP contribution in [0.4, 0.5) is 0 Å². The van der Waals surface area contributed by atoms with Crippen molar-refractivity contribution in [2.75, 3.05) is 0 Å². The molecule has 3 aliphatic carbocycles. The van der Waals surface area contributed by atoms with Crippen LogP contribution in [0.15, 0.2) is 16.8 Å². The van der Waals surface area contributed by atoms with Crippen molar-refractivity contribution in [1.82, 2.24) is 14.9 Å². The summed E-state index contributed by atoms with van der Waals surface area (Å²) in [6.07, 6.45) is 7.63. The second-order valence-electron chi connectivity index (χ2n) is 6.10. The molecular formula is C14H20N4S. The zero-order chi connectivity index (χ0) is 13.6. The van der Waals surface area contributed by atoms with Crippen LogP contribution in [0.25, 0.3) is 0 Å². The van der Waals surface area contributed by atoms with E-state index in [1.54, 1.807) is 4.68 Å². The van der Waals surface area contributed by atoms with E-state index in [9.17, 15) is 0 Å². The van der Waals surface area contributed by atoms with Crippen LogP contribution in [0, 0.1) is 22.0 Å². The number of hydrogen-bond acceptors (Lipinski definition) is 3. The first-order chi connectivity index (χ1) is 9.04. The third-order valence-corrected chi connectivity index (χ3v) is 5.13. The molecule has 3 aliphatic rings. The largest absolute Gasteiger partial charge is 0.250 e. The van der Waals surface area contributed by atoms with E-state index < -0.39 is 0 Å². The van der Waals surface area contributed by atoms with Gasteiger partial charge in [-0.3, -0.25) is 5.10 Å². The number of H-pyrrole nitrogens is 1. The van der Waals surface area contributed by atoms with Gasteiger partial charge in [0, 0.05) is 6.42 Å². The van der Waals surface area contributed by atoms with Crippen LogP contribution in [-0.4, -0.2) is 21.1 Å². The van der Waals surface area contributed by atoms with E-state index in [0.717, 1.165) is 18.2 Å². The maximum atomic E-state index is 5.20. The molecule has 1 heterocycles. The van der Waals surface area contributed by atoms with E-state index in [2.05, 4.69) is 42.1 Å². The molecule has 0 spiro atoms. The minimum absolute atomic E-state index is 0.432. The molecule has 4 nitrogen and oxygen atoms in total. The van der Waals surface area contributed by atoms with Gasteiger partial charge in [0.15, 0.2) is 5.82 Å². The standard InChI is InChI=1S/C14H20N4S/c1-4-12-16-17-13(19)18(12)15-8-9-5-6-10-7-11(9)14(10,2)3/h5,8,10-11H,4,6-7H2,1-3H3,(H,17,19)/b15-8+. The lowest BCUT2D eigenvalue weighted by molar-refractivity contribution is -0.00127. The fourth-order valence-corrected chi connectivity index (χ4v) is 3.54. The van der Waals surface area contributed by atoms with Crippen molar-refractivity contribution in [2.45, 2.75) is 40.0 Å². The smallest absolute Gasteiger partial charge is 0.216 e. The molecule has 2 unspecified atom stereocenters. The molecule has 102 valence electrons. The van der Waals surface area contributed by atoms with E-state index in [4.69, 9.17) is 12.2 Å². The molecule has 4 rings (SSSR count). The summed E-state index contributed by atoms with van der Waals surface area (Å²) >= 11 is 5.20. The van der Waals surface area contributed by atoms with Gasteiger partial charge < -0.3 is 0 Å². The van der Waals surface area contributed by atoms with Gasteiger partial charge in [-0.1, -0.05) is 26.8 Å². The molecule has 1 fully saturated rings. The first-order valence-corrected chi connectivity index (χ1v) is 7.35. The highest BCUT2D eigenvalue weighted by Crippen LogP contribution is 2.58. The summed E-state index contributed by atoms with van der Waals surface area (Å²) in [5.74, 6) is 2.39. The second kappa shape index (κ2) is 4.40. The first-order valence-electron chi connectivity index (χ1n) is 6.94. The van der Waals surface area contributed by atoms with Crippen molar-refractivity contribution in [2.24, 2.45) is 22.4 Å². The number of aryl methyl sites for hydroxylation is 1. The minimum Gasteiger partial charge on any atom is -0.250 e. The molecule has 1 N–H and O–H groups in total. The van der Waals surface area contributed by atoms with Crippen LogP contribution in [0.5, 0.6) is 0 Å². The molecule has 0 aliphatic heterocycles. The van der Waals surface area contributed by atoms with E-state index in [-0.39, 0.29) is 0 Å². The highest BCUT2D eigenvalue weighted by molar-refractivity contribution is 7.71. The molecular weight excluding hydrogens is 256 g/mol. The van der Waals surface area contributed by atoms with Crippen LogP contribution in [-0.2, 0) is 6.42 Å². The zero-order valence-corrected chi connectivity index (χ0v) is 12.5. The van der Waals surface area contributed by atoms with E-state index in [0.29, 0.717) is 16.1 Å². The Bertz CT molecular complexity index is 605. The third-order valence-electron chi connectivity index (χ3n) is 4.87. The zero-order valence-electron chi connectivity index (χ0n) is 11.7. The topological polar surface area (TPSA) is 46.0 Å². The van der Waals surface area contributed by atoms with Crippen LogP contribution in [0.3, 0.4) is 0 Å². The third kappa shape index (κ3) is 1.91. The van der Waals surface area contributed by atoms with Crippen LogP contribution >= 0.6 is 12.2 Å². The normalized spacial score (nSPS) is 28.3. The van der Waals surface area contributed by atoms with Crippen molar-refractivity contribution >= 4 is 18.4 Å². The van der Waals surface area contributed by atoms with Gasteiger partial charge in [-0.2, -0.15) is 14.9 Å². The monoisotopic (exact) mass is 276 g/mol. The summed E-state index contributed by atoms with van der Waals surface area (Å²) in [6.45, 7) is 6.79. The van der Waals surface area contributed by atoms with Gasteiger partial charge in [0.25, 0.3) is 0 Å². The summed E-state index contributed by atoms with van der Waals surface area (Å²) in [5, 5.41) is 11.5. The molecule has 0 amide bonds.